The van der Waals surface area contributed by atoms with E-state index < -0.39 is 0 Å². The summed E-state index contributed by atoms with van der Waals surface area (Å²) in [4.78, 5) is 2.18. The largest absolute Gasteiger partial charge is 0.324 e. The third kappa shape index (κ3) is 3.66. The molecule has 2 heteroatoms. The van der Waals surface area contributed by atoms with Crippen LogP contribution in [0.15, 0.2) is 48.5 Å². The molecule has 0 radical (unpaired) electrons. The Bertz CT molecular complexity index is 544. The lowest BCUT2D eigenvalue weighted by Gasteiger charge is -2.12. The Hall–Kier alpha value is -1.64. The molecule has 1 unspecified atom stereocenters. The van der Waals surface area contributed by atoms with E-state index in [0.717, 1.165) is 6.54 Å². The van der Waals surface area contributed by atoms with Gasteiger partial charge >= 0.3 is 0 Å². The molecule has 2 nitrogen and oxygen atoms in total. The molecule has 0 heterocycles. The molecule has 100 valence electrons. The molecule has 2 aromatic carbocycles. The molecule has 0 aliphatic rings. The van der Waals surface area contributed by atoms with E-state index in [1.807, 2.05) is 6.92 Å². The van der Waals surface area contributed by atoms with Gasteiger partial charge in [-0.3, -0.25) is 0 Å². The average molecular weight is 254 g/mol. The standard InChI is InChI=1S/C17H22N2/c1-13(18)15-7-5-9-17(11-15)16-8-4-6-14(10-16)12-19(2)3/h4-11,13H,12,18H2,1-3H3. The van der Waals surface area contributed by atoms with Crippen molar-refractivity contribution in [3.05, 3.63) is 59.7 Å². The van der Waals surface area contributed by atoms with Crippen molar-refractivity contribution in [1.29, 1.82) is 0 Å². The summed E-state index contributed by atoms with van der Waals surface area (Å²) in [5.41, 5.74) is 10.9. The van der Waals surface area contributed by atoms with Gasteiger partial charge in [0.25, 0.3) is 0 Å². The van der Waals surface area contributed by atoms with Gasteiger partial charge in [0.05, 0.1) is 0 Å². The Kier molecular flexibility index (Phi) is 4.35. The summed E-state index contributed by atoms with van der Waals surface area (Å²) in [6.07, 6.45) is 0. The highest BCUT2D eigenvalue weighted by Gasteiger charge is 2.04. The van der Waals surface area contributed by atoms with E-state index in [0.29, 0.717) is 0 Å². The van der Waals surface area contributed by atoms with Crippen molar-refractivity contribution in [1.82, 2.24) is 4.90 Å². The Labute approximate surface area is 115 Å². The third-order valence-electron chi connectivity index (χ3n) is 3.17. The lowest BCUT2D eigenvalue weighted by atomic mass is 9.99. The number of hydrogen-bond donors (Lipinski definition) is 1. The van der Waals surface area contributed by atoms with Crippen molar-refractivity contribution >= 4 is 0 Å². The first-order valence-electron chi connectivity index (χ1n) is 6.66. The van der Waals surface area contributed by atoms with E-state index in [-0.39, 0.29) is 6.04 Å². The zero-order valence-corrected chi connectivity index (χ0v) is 11.9. The number of nitrogens with two attached hydrogens (primary N) is 1. The van der Waals surface area contributed by atoms with Crippen molar-refractivity contribution < 1.29 is 0 Å². The molecule has 2 N–H and O–H groups in total. The van der Waals surface area contributed by atoms with Crippen molar-refractivity contribution in [3.63, 3.8) is 0 Å². The smallest absolute Gasteiger partial charge is 0.0266 e. The predicted molar refractivity (Wildman–Crippen MR) is 81.9 cm³/mol. The molecular weight excluding hydrogens is 232 g/mol. The number of benzene rings is 2. The molecule has 0 spiro atoms. The molecule has 1 atom stereocenters. The highest BCUT2D eigenvalue weighted by molar-refractivity contribution is 5.65. The van der Waals surface area contributed by atoms with E-state index in [9.17, 15) is 0 Å². The molecule has 19 heavy (non-hydrogen) atoms. The van der Waals surface area contributed by atoms with Gasteiger partial charge in [0.2, 0.25) is 0 Å². The van der Waals surface area contributed by atoms with Gasteiger partial charge in [0.1, 0.15) is 0 Å². The number of hydrogen-bond acceptors (Lipinski definition) is 2. The Balaban J connectivity index is 2.33. The van der Waals surface area contributed by atoms with Crippen LogP contribution in [0.25, 0.3) is 11.1 Å². The third-order valence-corrected chi connectivity index (χ3v) is 3.17. The summed E-state index contributed by atoms with van der Waals surface area (Å²) in [6, 6.07) is 17.2. The fourth-order valence-electron chi connectivity index (χ4n) is 2.22. The van der Waals surface area contributed by atoms with Crippen LogP contribution in [0.4, 0.5) is 0 Å². The normalized spacial score (nSPS) is 12.7. The van der Waals surface area contributed by atoms with Crippen LogP contribution >= 0.6 is 0 Å². The van der Waals surface area contributed by atoms with Crippen LogP contribution in [0, 0.1) is 0 Å². The molecule has 2 aromatic rings. The van der Waals surface area contributed by atoms with Gasteiger partial charge in [-0.2, -0.15) is 0 Å². The highest BCUT2D eigenvalue weighted by Crippen LogP contribution is 2.23. The first-order valence-corrected chi connectivity index (χ1v) is 6.66. The van der Waals surface area contributed by atoms with Gasteiger partial charge in [-0.25, -0.2) is 0 Å². The number of rotatable bonds is 4. The second-order valence-corrected chi connectivity index (χ2v) is 5.35. The van der Waals surface area contributed by atoms with Crippen molar-refractivity contribution in [3.8, 4) is 11.1 Å². The monoisotopic (exact) mass is 254 g/mol. The minimum absolute atomic E-state index is 0.0740. The molecule has 0 saturated carbocycles. The fraction of sp³-hybridized carbons (Fsp3) is 0.294. The van der Waals surface area contributed by atoms with Gasteiger partial charge in [0, 0.05) is 12.6 Å². The van der Waals surface area contributed by atoms with E-state index in [1.54, 1.807) is 0 Å². The maximum Gasteiger partial charge on any atom is 0.0266 e. The minimum Gasteiger partial charge on any atom is -0.324 e. The lowest BCUT2D eigenvalue weighted by Crippen LogP contribution is -2.10. The van der Waals surface area contributed by atoms with Crippen LogP contribution in [0.3, 0.4) is 0 Å². The lowest BCUT2D eigenvalue weighted by molar-refractivity contribution is 0.402. The van der Waals surface area contributed by atoms with E-state index in [2.05, 4.69) is 67.5 Å². The maximum atomic E-state index is 5.95. The van der Waals surface area contributed by atoms with E-state index in [1.165, 1.54) is 22.3 Å². The van der Waals surface area contributed by atoms with Crippen LogP contribution in [-0.2, 0) is 6.54 Å². The molecule has 2 rings (SSSR count). The zero-order chi connectivity index (χ0) is 13.8. The van der Waals surface area contributed by atoms with E-state index in [4.69, 9.17) is 5.73 Å². The molecule has 0 aliphatic heterocycles. The van der Waals surface area contributed by atoms with Crippen molar-refractivity contribution in [2.45, 2.75) is 19.5 Å². The van der Waals surface area contributed by atoms with Crippen LogP contribution < -0.4 is 5.73 Å². The fourth-order valence-corrected chi connectivity index (χ4v) is 2.22. The van der Waals surface area contributed by atoms with Crippen LogP contribution in [0.1, 0.15) is 24.1 Å². The van der Waals surface area contributed by atoms with E-state index >= 15 is 0 Å². The molecule has 0 amide bonds. The van der Waals surface area contributed by atoms with Crippen LogP contribution in [-0.4, -0.2) is 19.0 Å². The number of nitrogens with zero attached hydrogens (tertiary/aromatic N) is 1. The molecule has 0 bridgehead atoms. The predicted octanol–water partition coefficient (Wildman–Crippen LogP) is 3.43. The first kappa shape index (κ1) is 13.8. The zero-order valence-electron chi connectivity index (χ0n) is 11.9. The summed E-state index contributed by atoms with van der Waals surface area (Å²) < 4.78 is 0. The summed E-state index contributed by atoms with van der Waals surface area (Å²) >= 11 is 0. The quantitative estimate of drug-likeness (QED) is 0.905. The van der Waals surface area contributed by atoms with Gasteiger partial charge in [-0.05, 0) is 55.4 Å². The topological polar surface area (TPSA) is 29.3 Å². The van der Waals surface area contributed by atoms with Gasteiger partial charge in [-0.1, -0.05) is 36.4 Å². The van der Waals surface area contributed by atoms with Gasteiger partial charge < -0.3 is 10.6 Å². The highest BCUT2D eigenvalue weighted by atomic mass is 15.0. The Morgan fingerprint density at radius 3 is 2.26 bits per heavy atom. The van der Waals surface area contributed by atoms with Crippen LogP contribution in [0.2, 0.25) is 0 Å². The minimum atomic E-state index is 0.0740. The molecule has 0 aliphatic carbocycles. The van der Waals surface area contributed by atoms with Gasteiger partial charge in [0.15, 0.2) is 0 Å². The summed E-state index contributed by atoms with van der Waals surface area (Å²) in [7, 11) is 4.17. The first-order chi connectivity index (χ1) is 9.06. The Morgan fingerprint density at radius 1 is 1.00 bits per heavy atom. The summed E-state index contributed by atoms with van der Waals surface area (Å²) in [6.45, 7) is 2.97. The molecule has 0 fully saturated rings. The molecule has 0 saturated heterocycles. The second-order valence-electron chi connectivity index (χ2n) is 5.35. The average Bonchev–Trinajstić information content (AvgIpc) is 2.38. The van der Waals surface area contributed by atoms with Crippen molar-refractivity contribution in [2.24, 2.45) is 5.73 Å². The maximum absolute atomic E-state index is 5.95. The Morgan fingerprint density at radius 2 is 1.63 bits per heavy atom. The SMILES string of the molecule is CC(N)c1cccc(-c2cccc(CN(C)C)c2)c1. The van der Waals surface area contributed by atoms with Gasteiger partial charge in [-0.15, -0.1) is 0 Å². The van der Waals surface area contributed by atoms with Crippen molar-refractivity contribution in [2.75, 3.05) is 14.1 Å². The second kappa shape index (κ2) is 6.00. The van der Waals surface area contributed by atoms with Crippen LogP contribution in [0.5, 0.6) is 0 Å². The summed E-state index contributed by atoms with van der Waals surface area (Å²) in [5, 5.41) is 0. The molecular formula is C17H22N2. The summed E-state index contributed by atoms with van der Waals surface area (Å²) in [5.74, 6) is 0. The molecule has 0 aromatic heterocycles.